The Bertz CT molecular complexity index is 732. The van der Waals surface area contributed by atoms with Crippen molar-refractivity contribution in [2.75, 3.05) is 11.9 Å². The molecule has 21 heavy (non-hydrogen) atoms. The van der Waals surface area contributed by atoms with Gasteiger partial charge in [0.2, 0.25) is 0 Å². The molecule has 0 saturated heterocycles. The van der Waals surface area contributed by atoms with Crippen LogP contribution in [0, 0.1) is 5.92 Å². The van der Waals surface area contributed by atoms with Crippen LogP contribution in [0.25, 0.3) is 22.3 Å². The normalized spacial score (nSPS) is 12.5. The van der Waals surface area contributed by atoms with Crippen LogP contribution in [0.5, 0.6) is 0 Å². The Morgan fingerprint density at radius 2 is 2.14 bits per heavy atom. The molecular formula is C17H20N4. The Kier molecular flexibility index (Phi) is 3.86. The first kappa shape index (κ1) is 13.6. The SMILES string of the molecule is CCC(C)CNc1cccc(-c2ccnc3[nH]ccc23)n1. The standard InChI is InChI=1S/C17H20N4/c1-3-12(2)11-20-16-6-4-5-15(21-16)13-7-9-18-17-14(13)8-10-19-17/h4-10,12H,3,11H2,1-2H3,(H,18,19)(H,20,21). The van der Waals surface area contributed by atoms with Crippen LogP contribution in [0.2, 0.25) is 0 Å². The predicted octanol–water partition coefficient (Wildman–Crippen LogP) is 4.08. The van der Waals surface area contributed by atoms with Gasteiger partial charge in [-0.05, 0) is 30.2 Å². The van der Waals surface area contributed by atoms with E-state index >= 15 is 0 Å². The van der Waals surface area contributed by atoms with Crippen LogP contribution in [-0.2, 0) is 0 Å². The number of H-pyrrole nitrogens is 1. The molecule has 0 radical (unpaired) electrons. The van der Waals surface area contributed by atoms with Gasteiger partial charge in [-0.15, -0.1) is 0 Å². The minimum atomic E-state index is 0.646. The van der Waals surface area contributed by atoms with Crippen molar-refractivity contribution in [3.8, 4) is 11.3 Å². The molecule has 1 atom stereocenters. The maximum atomic E-state index is 4.73. The lowest BCUT2D eigenvalue weighted by molar-refractivity contribution is 0.592. The van der Waals surface area contributed by atoms with Gasteiger partial charge in [0.25, 0.3) is 0 Å². The Morgan fingerprint density at radius 1 is 1.24 bits per heavy atom. The average molecular weight is 280 g/mol. The van der Waals surface area contributed by atoms with E-state index < -0.39 is 0 Å². The molecule has 0 bridgehead atoms. The van der Waals surface area contributed by atoms with Crippen molar-refractivity contribution in [1.82, 2.24) is 15.0 Å². The van der Waals surface area contributed by atoms with E-state index in [1.54, 1.807) is 0 Å². The van der Waals surface area contributed by atoms with E-state index in [0.717, 1.165) is 34.7 Å². The van der Waals surface area contributed by atoms with Crippen molar-refractivity contribution in [2.45, 2.75) is 20.3 Å². The Labute approximate surface area is 124 Å². The van der Waals surface area contributed by atoms with Crippen LogP contribution in [0.3, 0.4) is 0 Å². The van der Waals surface area contributed by atoms with Gasteiger partial charge in [-0.3, -0.25) is 0 Å². The second-order valence-corrected chi connectivity index (χ2v) is 5.40. The van der Waals surface area contributed by atoms with Crippen molar-refractivity contribution in [3.63, 3.8) is 0 Å². The van der Waals surface area contributed by atoms with Gasteiger partial charge in [-0.2, -0.15) is 0 Å². The van der Waals surface area contributed by atoms with E-state index in [2.05, 4.69) is 29.1 Å². The van der Waals surface area contributed by atoms with Gasteiger partial charge in [-0.1, -0.05) is 26.3 Å². The predicted molar refractivity (Wildman–Crippen MR) is 87.3 cm³/mol. The molecule has 4 heteroatoms. The summed E-state index contributed by atoms with van der Waals surface area (Å²) in [6.45, 7) is 5.39. The van der Waals surface area contributed by atoms with Crippen LogP contribution in [-0.4, -0.2) is 21.5 Å². The number of anilines is 1. The Balaban J connectivity index is 1.91. The third-order valence-corrected chi connectivity index (χ3v) is 3.81. The molecule has 108 valence electrons. The van der Waals surface area contributed by atoms with Gasteiger partial charge in [-0.25, -0.2) is 9.97 Å². The summed E-state index contributed by atoms with van der Waals surface area (Å²) in [6, 6.07) is 10.1. The largest absolute Gasteiger partial charge is 0.370 e. The highest BCUT2D eigenvalue weighted by Gasteiger charge is 2.07. The first-order valence-corrected chi connectivity index (χ1v) is 7.41. The molecule has 1 unspecified atom stereocenters. The highest BCUT2D eigenvalue weighted by atomic mass is 15.0. The number of fused-ring (bicyclic) bond motifs is 1. The van der Waals surface area contributed by atoms with Gasteiger partial charge in [0, 0.05) is 29.9 Å². The van der Waals surface area contributed by atoms with E-state index in [1.165, 1.54) is 6.42 Å². The Hall–Kier alpha value is -2.36. The summed E-state index contributed by atoms with van der Waals surface area (Å²) in [5.41, 5.74) is 2.97. The lowest BCUT2D eigenvalue weighted by Gasteiger charge is -2.11. The van der Waals surface area contributed by atoms with Crippen LogP contribution < -0.4 is 5.32 Å². The molecule has 0 aliphatic carbocycles. The third-order valence-electron chi connectivity index (χ3n) is 3.81. The molecule has 3 rings (SSSR count). The number of aromatic amines is 1. The van der Waals surface area contributed by atoms with E-state index in [0.29, 0.717) is 5.92 Å². The molecule has 0 aromatic carbocycles. The fourth-order valence-corrected chi connectivity index (χ4v) is 2.29. The summed E-state index contributed by atoms with van der Waals surface area (Å²) in [6.07, 6.45) is 4.89. The van der Waals surface area contributed by atoms with Crippen molar-refractivity contribution in [3.05, 3.63) is 42.7 Å². The van der Waals surface area contributed by atoms with Gasteiger partial charge in [0.1, 0.15) is 11.5 Å². The topological polar surface area (TPSA) is 53.6 Å². The zero-order valence-corrected chi connectivity index (χ0v) is 12.4. The maximum Gasteiger partial charge on any atom is 0.137 e. The van der Waals surface area contributed by atoms with Crippen molar-refractivity contribution >= 4 is 16.9 Å². The van der Waals surface area contributed by atoms with E-state index in [4.69, 9.17) is 4.98 Å². The number of aromatic nitrogens is 3. The quantitative estimate of drug-likeness (QED) is 0.740. The summed E-state index contributed by atoms with van der Waals surface area (Å²) >= 11 is 0. The zero-order chi connectivity index (χ0) is 14.7. The third kappa shape index (κ3) is 2.89. The van der Waals surface area contributed by atoms with Crippen molar-refractivity contribution < 1.29 is 0 Å². The molecule has 3 aromatic rings. The van der Waals surface area contributed by atoms with Gasteiger partial charge < -0.3 is 10.3 Å². The fraction of sp³-hybridized carbons (Fsp3) is 0.294. The van der Waals surface area contributed by atoms with Gasteiger partial charge >= 0.3 is 0 Å². The van der Waals surface area contributed by atoms with Crippen LogP contribution in [0.1, 0.15) is 20.3 Å². The van der Waals surface area contributed by atoms with Crippen LogP contribution >= 0.6 is 0 Å². The number of nitrogens with one attached hydrogen (secondary N) is 2. The van der Waals surface area contributed by atoms with Crippen molar-refractivity contribution in [1.29, 1.82) is 0 Å². The fourth-order valence-electron chi connectivity index (χ4n) is 2.29. The van der Waals surface area contributed by atoms with E-state index in [1.807, 2.05) is 42.7 Å². The van der Waals surface area contributed by atoms with Gasteiger partial charge in [0.05, 0.1) is 5.69 Å². The molecule has 3 heterocycles. The molecule has 0 saturated carbocycles. The maximum absolute atomic E-state index is 4.73. The summed E-state index contributed by atoms with van der Waals surface area (Å²) in [4.78, 5) is 12.2. The number of hydrogen-bond donors (Lipinski definition) is 2. The van der Waals surface area contributed by atoms with Crippen LogP contribution in [0.4, 0.5) is 5.82 Å². The highest BCUT2D eigenvalue weighted by molar-refractivity contribution is 5.91. The van der Waals surface area contributed by atoms with Crippen molar-refractivity contribution in [2.24, 2.45) is 5.92 Å². The zero-order valence-electron chi connectivity index (χ0n) is 12.4. The molecule has 0 spiro atoms. The summed E-state index contributed by atoms with van der Waals surface area (Å²) in [7, 11) is 0. The van der Waals surface area contributed by atoms with Crippen LogP contribution in [0.15, 0.2) is 42.7 Å². The van der Waals surface area contributed by atoms with E-state index in [9.17, 15) is 0 Å². The molecule has 0 aliphatic rings. The summed E-state index contributed by atoms with van der Waals surface area (Å²) < 4.78 is 0. The second-order valence-electron chi connectivity index (χ2n) is 5.40. The molecule has 0 fully saturated rings. The van der Waals surface area contributed by atoms with E-state index in [-0.39, 0.29) is 0 Å². The molecule has 4 nitrogen and oxygen atoms in total. The first-order valence-electron chi connectivity index (χ1n) is 7.41. The molecule has 0 aliphatic heterocycles. The highest BCUT2D eigenvalue weighted by Crippen LogP contribution is 2.26. The smallest absolute Gasteiger partial charge is 0.137 e. The van der Waals surface area contributed by atoms with Gasteiger partial charge in [0.15, 0.2) is 0 Å². The Morgan fingerprint density at radius 3 is 3.00 bits per heavy atom. The number of nitrogens with zero attached hydrogens (tertiary/aromatic N) is 2. The monoisotopic (exact) mass is 280 g/mol. The summed E-state index contributed by atoms with van der Waals surface area (Å²) in [5.74, 6) is 1.57. The number of pyridine rings is 2. The lowest BCUT2D eigenvalue weighted by atomic mass is 10.1. The second kappa shape index (κ2) is 5.95. The molecule has 3 aromatic heterocycles. The minimum absolute atomic E-state index is 0.646. The average Bonchev–Trinajstić information content (AvgIpc) is 3.01. The lowest BCUT2D eigenvalue weighted by Crippen LogP contribution is -2.11. The molecule has 0 amide bonds. The first-order chi connectivity index (χ1) is 10.3. The number of rotatable bonds is 5. The molecule has 2 N–H and O–H groups in total. The summed E-state index contributed by atoms with van der Waals surface area (Å²) in [5, 5.41) is 4.51. The minimum Gasteiger partial charge on any atom is -0.370 e. The number of hydrogen-bond acceptors (Lipinski definition) is 3. The molecular weight excluding hydrogens is 260 g/mol.